The van der Waals surface area contributed by atoms with Crippen molar-refractivity contribution in [3.05, 3.63) is 28.8 Å². The van der Waals surface area contributed by atoms with Gasteiger partial charge in [0.15, 0.2) is 0 Å². The number of alkyl halides is 1. The van der Waals surface area contributed by atoms with Gasteiger partial charge in [0.05, 0.1) is 10.4 Å². The molecule has 0 N–H and O–H groups in total. The Bertz CT molecular complexity index is 271. The van der Waals surface area contributed by atoms with E-state index in [2.05, 4.69) is 0 Å². The van der Waals surface area contributed by atoms with Crippen LogP contribution in [-0.4, -0.2) is 6.26 Å². The highest BCUT2D eigenvalue weighted by Crippen LogP contribution is 2.29. The zero-order valence-corrected chi connectivity index (χ0v) is 9.30. The molecule has 0 aromatic heterocycles. The summed E-state index contributed by atoms with van der Waals surface area (Å²) in [6.45, 7) is 1.94. The van der Waals surface area contributed by atoms with E-state index >= 15 is 0 Å². The lowest BCUT2D eigenvalue weighted by molar-refractivity contribution is 1.08. The third kappa shape index (κ3) is 2.32. The maximum Gasteiger partial charge on any atom is 0.0557 e. The average molecular weight is 221 g/mol. The monoisotopic (exact) mass is 220 g/mol. The van der Waals surface area contributed by atoms with Crippen molar-refractivity contribution in [3.63, 3.8) is 0 Å². The molecule has 1 rings (SSSR count). The molecule has 0 nitrogen and oxygen atoms in total. The second-order valence-electron chi connectivity index (χ2n) is 2.51. The van der Waals surface area contributed by atoms with Gasteiger partial charge >= 0.3 is 0 Å². The molecule has 12 heavy (non-hydrogen) atoms. The van der Waals surface area contributed by atoms with Gasteiger partial charge in [-0.15, -0.1) is 23.4 Å². The number of thioether (sulfide) groups is 1. The van der Waals surface area contributed by atoms with Crippen molar-refractivity contribution in [2.75, 3.05) is 6.26 Å². The van der Waals surface area contributed by atoms with Crippen molar-refractivity contribution >= 4 is 35.0 Å². The maximum absolute atomic E-state index is 5.99. The van der Waals surface area contributed by atoms with Crippen molar-refractivity contribution in [1.29, 1.82) is 0 Å². The first-order chi connectivity index (χ1) is 5.65. The van der Waals surface area contributed by atoms with Crippen LogP contribution in [0, 0.1) is 0 Å². The van der Waals surface area contributed by atoms with Gasteiger partial charge in [0.2, 0.25) is 0 Å². The Labute approximate surface area is 87.3 Å². The van der Waals surface area contributed by atoms with Crippen LogP contribution >= 0.6 is 35.0 Å². The van der Waals surface area contributed by atoms with Crippen molar-refractivity contribution < 1.29 is 0 Å². The fourth-order valence-electron chi connectivity index (χ4n) is 0.930. The molecule has 0 fully saturated rings. The summed E-state index contributed by atoms with van der Waals surface area (Å²) in [4.78, 5) is 1.10. The summed E-state index contributed by atoms with van der Waals surface area (Å²) in [6, 6.07) is 5.93. The summed E-state index contributed by atoms with van der Waals surface area (Å²) in [6.07, 6.45) is 2.00. The maximum atomic E-state index is 5.99. The molecule has 3 heteroatoms. The molecule has 0 saturated carbocycles. The van der Waals surface area contributed by atoms with E-state index in [9.17, 15) is 0 Å². The van der Waals surface area contributed by atoms with E-state index in [0.29, 0.717) is 0 Å². The molecule has 0 aliphatic heterocycles. The minimum Gasteiger partial charge on any atom is -0.128 e. The zero-order chi connectivity index (χ0) is 9.14. The molecule has 1 aromatic carbocycles. The largest absolute Gasteiger partial charge is 0.128 e. The SMILES string of the molecule is CSc1ccc(C(C)Cl)cc1Cl. The summed E-state index contributed by atoms with van der Waals surface area (Å²) >= 11 is 13.5. The Morgan fingerprint density at radius 2 is 2.08 bits per heavy atom. The topological polar surface area (TPSA) is 0 Å². The first kappa shape index (κ1) is 10.2. The third-order valence-corrected chi connectivity index (χ3v) is 3.11. The Morgan fingerprint density at radius 3 is 2.50 bits per heavy atom. The summed E-state index contributed by atoms with van der Waals surface area (Å²) in [7, 11) is 0. The molecule has 0 amide bonds. The quantitative estimate of drug-likeness (QED) is 0.528. The van der Waals surface area contributed by atoms with Crippen LogP contribution in [0.1, 0.15) is 17.9 Å². The Balaban J connectivity index is 3.02. The van der Waals surface area contributed by atoms with Gasteiger partial charge in [-0.3, -0.25) is 0 Å². The normalized spacial score (nSPS) is 13.0. The fraction of sp³-hybridized carbons (Fsp3) is 0.333. The predicted molar refractivity (Wildman–Crippen MR) is 57.5 cm³/mol. The number of halogens is 2. The van der Waals surface area contributed by atoms with E-state index in [1.54, 1.807) is 11.8 Å². The lowest BCUT2D eigenvalue weighted by Gasteiger charge is -2.05. The number of hydrogen-bond acceptors (Lipinski definition) is 1. The molecule has 66 valence electrons. The van der Waals surface area contributed by atoms with E-state index in [1.165, 1.54) is 0 Å². The van der Waals surface area contributed by atoms with E-state index in [1.807, 2.05) is 31.4 Å². The summed E-state index contributed by atoms with van der Waals surface area (Å²) < 4.78 is 0. The highest BCUT2D eigenvalue weighted by Gasteiger charge is 2.04. The van der Waals surface area contributed by atoms with Crippen LogP contribution in [0.2, 0.25) is 5.02 Å². The third-order valence-electron chi connectivity index (χ3n) is 1.64. The molecule has 0 bridgehead atoms. The molecule has 0 saturated heterocycles. The molecule has 0 heterocycles. The van der Waals surface area contributed by atoms with Gasteiger partial charge in [-0.25, -0.2) is 0 Å². The fourth-order valence-corrected chi connectivity index (χ4v) is 1.94. The van der Waals surface area contributed by atoms with E-state index < -0.39 is 0 Å². The van der Waals surface area contributed by atoms with E-state index in [0.717, 1.165) is 15.5 Å². The average Bonchev–Trinajstić information content (AvgIpc) is 2.04. The Morgan fingerprint density at radius 1 is 1.42 bits per heavy atom. The van der Waals surface area contributed by atoms with Crippen LogP contribution in [0.5, 0.6) is 0 Å². The van der Waals surface area contributed by atoms with E-state index in [4.69, 9.17) is 23.2 Å². The van der Waals surface area contributed by atoms with Gasteiger partial charge in [0.25, 0.3) is 0 Å². The summed E-state index contributed by atoms with van der Waals surface area (Å²) in [5, 5.41) is 0.811. The van der Waals surface area contributed by atoms with Gasteiger partial charge in [0.1, 0.15) is 0 Å². The second kappa shape index (κ2) is 4.40. The Kier molecular flexibility index (Phi) is 3.76. The molecule has 0 spiro atoms. The number of rotatable bonds is 2. The molecular formula is C9H10Cl2S. The highest BCUT2D eigenvalue weighted by molar-refractivity contribution is 7.98. The first-order valence-electron chi connectivity index (χ1n) is 3.62. The van der Waals surface area contributed by atoms with Crippen LogP contribution in [0.25, 0.3) is 0 Å². The van der Waals surface area contributed by atoms with Crippen LogP contribution in [-0.2, 0) is 0 Å². The predicted octanol–water partition coefficient (Wildman–Crippen LogP) is 4.36. The Hall–Kier alpha value is 0.150. The van der Waals surface area contributed by atoms with Crippen LogP contribution in [0.15, 0.2) is 23.1 Å². The van der Waals surface area contributed by atoms with Crippen LogP contribution in [0.3, 0.4) is 0 Å². The minimum absolute atomic E-state index is 0.0263. The van der Waals surface area contributed by atoms with Gasteiger partial charge in [-0.2, -0.15) is 0 Å². The van der Waals surface area contributed by atoms with Gasteiger partial charge < -0.3 is 0 Å². The van der Waals surface area contributed by atoms with Gasteiger partial charge in [0, 0.05) is 4.90 Å². The molecule has 1 atom stereocenters. The first-order valence-corrected chi connectivity index (χ1v) is 5.66. The van der Waals surface area contributed by atoms with Crippen LogP contribution < -0.4 is 0 Å². The van der Waals surface area contributed by atoms with Gasteiger partial charge in [-0.05, 0) is 30.9 Å². The number of hydrogen-bond donors (Lipinski definition) is 0. The van der Waals surface area contributed by atoms with Crippen LogP contribution in [0.4, 0.5) is 0 Å². The molecular weight excluding hydrogens is 211 g/mol. The summed E-state index contributed by atoms with van der Waals surface area (Å²) in [5.74, 6) is 0. The minimum atomic E-state index is 0.0263. The second-order valence-corrected chi connectivity index (χ2v) is 4.42. The highest BCUT2D eigenvalue weighted by atomic mass is 35.5. The smallest absolute Gasteiger partial charge is 0.0557 e. The van der Waals surface area contributed by atoms with Crippen molar-refractivity contribution in [2.24, 2.45) is 0 Å². The van der Waals surface area contributed by atoms with E-state index in [-0.39, 0.29) is 5.38 Å². The zero-order valence-electron chi connectivity index (χ0n) is 6.97. The molecule has 1 aromatic rings. The molecule has 0 aliphatic carbocycles. The van der Waals surface area contributed by atoms with Crippen molar-refractivity contribution in [1.82, 2.24) is 0 Å². The molecule has 1 unspecified atom stereocenters. The van der Waals surface area contributed by atoms with Crippen molar-refractivity contribution in [2.45, 2.75) is 17.2 Å². The number of benzene rings is 1. The molecule has 0 radical (unpaired) electrons. The van der Waals surface area contributed by atoms with Gasteiger partial charge in [-0.1, -0.05) is 17.7 Å². The molecule has 0 aliphatic rings. The summed E-state index contributed by atoms with van der Waals surface area (Å²) in [5.41, 5.74) is 1.07. The lowest BCUT2D eigenvalue weighted by atomic mass is 10.2. The standard InChI is InChI=1S/C9H10Cl2S/c1-6(10)7-3-4-9(12-2)8(11)5-7/h3-6H,1-2H3. The van der Waals surface area contributed by atoms with Crippen molar-refractivity contribution in [3.8, 4) is 0 Å². The lowest BCUT2D eigenvalue weighted by Crippen LogP contribution is -1.84.